The zero-order valence-corrected chi connectivity index (χ0v) is 8.91. The first-order valence-electron chi connectivity index (χ1n) is 4.64. The quantitative estimate of drug-likeness (QED) is 0.876. The van der Waals surface area contributed by atoms with Crippen molar-refractivity contribution in [3.8, 4) is 11.8 Å². The van der Waals surface area contributed by atoms with Gasteiger partial charge in [0.2, 0.25) is 0 Å². The maximum Gasteiger partial charge on any atom is 0.387 e. The van der Waals surface area contributed by atoms with Crippen LogP contribution in [-0.2, 0) is 11.2 Å². The van der Waals surface area contributed by atoms with E-state index in [1.807, 2.05) is 6.07 Å². The van der Waals surface area contributed by atoms with Gasteiger partial charge in [0.05, 0.1) is 18.1 Å². The number of carbonyl (C=O) groups is 1. The Morgan fingerprint density at radius 2 is 2.24 bits per heavy atom. The Kier molecular flexibility index (Phi) is 3.99. The minimum Gasteiger partial charge on any atom is -0.481 e. The molecule has 4 nitrogen and oxygen atoms in total. The van der Waals surface area contributed by atoms with Gasteiger partial charge in [-0.05, 0) is 24.6 Å². The molecular formula is C11H9F2NO3. The second kappa shape index (κ2) is 5.25. The van der Waals surface area contributed by atoms with E-state index in [-0.39, 0.29) is 16.9 Å². The average Bonchev–Trinajstić information content (AvgIpc) is 2.21. The topological polar surface area (TPSA) is 70.3 Å². The monoisotopic (exact) mass is 241 g/mol. The van der Waals surface area contributed by atoms with Crippen molar-refractivity contribution in [2.75, 3.05) is 0 Å². The number of rotatable bonds is 4. The van der Waals surface area contributed by atoms with Crippen molar-refractivity contribution in [3.05, 3.63) is 28.8 Å². The smallest absolute Gasteiger partial charge is 0.387 e. The van der Waals surface area contributed by atoms with Gasteiger partial charge in [-0.3, -0.25) is 4.79 Å². The number of ether oxygens (including phenoxy) is 1. The molecule has 0 aliphatic rings. The van der Waals surface area contributed by atoms with Crippen molar-refractivity contribution < 1.29 is 23.4 Å². The van der Waals surface area contributed by atoms with Crippen LogP contribution < -0.4 is 4.74 Å². The summed E-state index contributed by atoms with van der Waals surface area (Å²) in [5, 5.41) is 17.4. The van der Waals surface area contributed by atoms with E-state index >= 15 is 0 Å². The Morgan fingerprint density at radius 3 is 2.71 bits per heavy atom. The van der Waals surface area contributed by atoms with E-state index in [2.05, 4.69) is 4.74 Å². The van der Waals surface area contributed by atoms with Gasteiger partial charge < -0.3 is 9.84 Å². The maximum absolute atomic E-state index is 12.2. The summed E-state index contributed by atoms with van der Waals surface area (Å²) >= 11 is 0. The molecule has 17 heavy (non-hydrogen) atoms. The lowest BCUT2D eigenvalue weighted by atomic mass is 10.0. The van der Waals surface area contributed by atoms with Crippen LogP contribution >= 0.6 is 0 Å². The normalized spacial score (nSPS) is 10.1. The van der Waals surface area contributed by atoms with Crippen molar-refractivity contribution in [3.63, 3.8) is 0 Å². The summed E-state index contributed by atoms with van der Waals surface area (Å²) in [7, 11) is 0. The molecule has 0 amide bonds. The van der Waals surface area contributed by atoms with Gasteiger partial charge in [0, 0.05) is 5.56 Å². The van der Waals surface area contributed by atoms with Crippen LogP contribution in [0.1, 0.15) is 16.7 Å². The molecule has 6 heteroatoms. The molecule has 1 N–H and O–H groups in total. The molecule has 0 aliphatic carbocycles. The van der Waals surface area contributed by atoms with Gasteiger partial charge in [0.15, 0.2) is 0 Å². The van der Waals surface area contributed by atoms with E-state index in [1.54, 1.807) is 0 Å². The number of alkyl halides is 2. The second-order valence-corrected chi connectivity index (χ2v) is 3.34. The lowest BCUT2D eigenvalue weighted by Crippen LogP contribution is -2.09. The van der Waals surface area contributed by atoms with Gasteiger partial charge in [-0.2, -0.15) is 14.0 Å². The molecule has 0 heterocycles. The number of benzene rings is 1. The first-order chi connectivity index (χ1) is 7.93. The standard InChI is InChI=1S/C11H9F2NO3/c1-6-2-7(5-14)3-8(4-9(15)16)10(6)17-11(12)13/h2-3,11H,4H2,1H3,(H,15,16). The predicted molar refractivity (Wildman–Crippen MR) is 53.9 cm³/mol. The van der Waals surface area contributed by atoms with Gasteiger partial charge in [0.25, 0.3) is 0 Å². The molecule has 0 aromatic heterocycles. The molecule has 90 valence electrons. The highest BCUT2D eigenvalue weighted by atomic mass is 19.3. The molecule has 1 aromatic rings. The van der Waals surface area contributed by atoms with E-state index in [1.165, 1.54) is 19.1 Å². The van der Waals surface area contributed by atoms with E-state index in [4.69, 9.17) is 10.4 Å². The van der Waals surface area contributed by atoms with Crippen LogP contribution in [0.15, 0.2) is 12.1 Å². The van der Waals surface area contributed by atoms with E-state index in [9.17, 15) is 13.6 Å². The van der Waals surface area contributed by atoms with E-state index < -0.39 is 19.0 Å². The molecule has 0 spiro atoms. The molecule has 0 saturated heterocycles. The number of carboxylic acid groups (broad SMARTS) is 1. The van der Waals surface area contributed by atoms with Crippen LogP contribution in [0.5, 0.6) is 5.75 Å². The van der Waals surface area contributed by atoms with Crippen LogP contribution in [0, 0.1) is 18.3 Å². The second-order valence-electron chi connectivity index (χ2n) is 3.34. The number of hydrogen-bond donors (Lipinski definition) is 1. The van der Waals surface area contributed by atoms with Gasteiger partial charge in [-0.15, -0.1) is 0 Å². The Bertz CT molecular complexity index is 480. The molecule has 0 bridgehead atoms. The summed E-state index contributed by atoms with van der Waals surface area (Å²) in [5.41, 5.74) is 0.579. The first kappa shape index (κ1) is 12.9. The molecule has 0 radical (unpaired) electrons. The molecule has 0 saturated carbocycles. The van der Waals surface area contributed by atoms with Crippen molar-refractivity contribution in [1.29, 1.82) is 5.26 Å². The van der Waals surface area contributed by atoms with Crippen LogP contribution in [0.2, 0.25) is 0 Å². The summed E-state index contributed by atoms with van der Waals surface area (Å²) in [6.45, 7) is -1.56. The third kappa shape index (κ3) is 3.41. The highest BCUT2D eigenvalue weighted by molar-refractivity contribution is 5.72. The zero-order chi connectivity index (χ0) is 13.0. The molecule has 0 unspecified atom stereocenters. The predicted octanol–water partition coefficient (Wildman–Crippen LogP) is 2.10. The minimum absolute atomic E-state index is 0.0642. The molecule has 1 rings (SSSR count). The number of hydrogen-bond acceptors (Lipinski definition) is 3. The number of halogens is 2. The molecule has 1 aromatic carbocycles. The van der Waals surface area contributed by atoms with Gasteiger partial charge in [-0.1, -0.05) is 0 Å². The van der Waals surface area contributed by atoms with Crippen LogP contribution in [-0.4, -0.2) is 17.7 Å². The van der Waals surface area contributed by atoms with Crippen molar-refractivity contribution >= 4 is 5.97 Å². The number of nitrogens with zero attached hydrogens (tertiary/aromatic N) is 1. The van der Waals surface area contributed by atoms with Gasteiger partial charge in [-0.25, -0.2) is 0 Å². The largest absolute Gasteiger partial charge is 0.481 e. The van der Waals surface area contributed by atoms with Crippen LogP contribution in [0.3, 0.4) is 0 Å². The fourth-order valence-electron chi connectivity index (χ4n) is 1.46. The van der Waals surface area contributed by atoms with Gasteiger partial charge in [0.1, 0.15) is 5.75 Å². The SMILES string of the molecule is Cc1cc(C#N)cc(CC(=O)O)c1OC(F)F. The Labute approximate surface area is 96.0 Å². The number of aliphatic carboxylic acids is 1. The summed E-state index contributed by atoms with van der Waals surface area (Å²) in [6.07, 6.45) is -0.474. The Morgan fingerprint density at radius 1 is 1.59 bits per heavy atom. The summed E-state index contributed by atoms with van der Waals surface area (Å²) < 4.78 is 28.6. The lowest BCUT2D eigenvalue weighted by Gasteiger charge is -2.12. The number of carboxylic acids is 1. The third-order valence-electron chi connectivity index (χ3n) is 2.03. The van der Waals surface area contributed by atoms with Gasteiger partial charge >= 0.3 is 12.6 Å². The number of nitriles is 1. The summed E-state index contributed by atoms with van der Waals surface area (Å²) in [4.78, 5) is 10.6. The lowest BCUT2D eigenvalue weighted by molar-refractivity contribution is -0.136. The highest BCUT2D eigenvalue weighted by Crippen LogP contribution is 2.27. The molecular weight excluding hydrogens is 232 g/mol. The van der Waals surface area contributed by atoms with E-state index in [0.717, 1.165) is 0 Å². The van der Waals surface area contributed by atoms with Crippen LogP contribution in [0.4, 0.5) is 8.78 Å². The summed E-state index contributed by atoms with van der Waals surface area (Å²) in [5.74, 6) is -1.36. The van der Waals surface area contributed by atoms with E-state index in [0.29, 0.717) is 5.56 Å². The average molecular weight is 241 g/mol. The maximum atomic E-state index is 12.2. The summed E-state index contributed by atoms with van der Waals surface area (Å²) in [6, 6.07) is 4.43. The fraction of sp³-hybridized carbons (Fsp3) is 0.273. The fourth-order valence-corrected chi connectivity index (χ4v) is 1.46. The van der Waals surface area contributed by atoms with Crippen LogP contribution in [0.25, 0.3) is 0 Å². The Hall–Kier alpha value is -2.16. The van der Waals surface area contributed by atoms with Crippen molar-refractivity contribution in [2.24, 2.45) is 0 Å². The van der Waals surface area contributed by atoms with Crippen molar-refractivity contribution in [1.82, 2.24) is 0 Å². The minimum atomic E-state index is -3.03. The number of aryl methyl sites for hydroxylation is 1. The Balaban J connectivity index is 3.24. The molecule has 0 fully saturated rings. The zero-order valence-electron chi connectivity index (χ0n) is 8.91. The highest BCUT2D eigenvalue weighted by Gasteiger charge is 2.16. The molecule has 0 aliphatic heterocycles. The third-order valence-corrected chi connectivity index (χ3v) is 2.03. The first-order valence-corrected chi connectivity index (χ1v) is 4.64. The molecule has 0 atom stereocenters. The van der Waals surface area contributed by atoms with Crippen molar-refractivity contribution in [2.45, 2.75) is 20.0 Å².